The van der Waals surface area contributed by atoms with E-state index < -0.39 is 6.04 Å². The van der Waals surface area contributed by atoms with Crippen LogP contribution in [0.1, 0.15) is 21.3 Å². The van der Waals surface area contributed by atoms with E-state index in [1.165, 1.54) is 44.0 Å². The molecule has 0 radical (unpaired) electrons. The summed E-state index contributed by atoms with van der Waals surface area (Å²) in [7, 11) is 8.33. The van der Waals surface area contributed by atoms with Crippen molar-refractivity contribution in [3.8, 4) is 23.3 Å². The number of carbonyl (C=O) groups excluding carboxylic acids is 1. The van der Waals surface area contributed by atoms with Gasteiger partial charge in [-0.15, -0.1) is 11.3 Å². The van der Waals surface area contributed by atoms with Crippen LogP contribution in [-0.2, 0) is 0 Å². The van der Waals surface area contributed by atoms with Gasteiger partial charge >= 0.3 is 0 Å². The molecule has 0 saturated carbocycles. The highest BCUT2D eigenvalue weighted by Gasteiger charge is 2.22. The molecule has 2 aromatic heterocycles. The van der Waals surface area contributed by atoms with Crippen LogP contribution < -0.4 is 24.4 Å². The fourth-order valence-electron chi connectivity index (χ4n) is 2.69. The van der Waals surface area contributed by atoms with Gasteiger partial charge in [-0.05, 0) is 23.8 Å². The van der Waals surface area contributed by atoms with Gasteiger partial charge in [-0.3, -0.25) is 4.79 Å². The highest BCUT2D eigenvalue weighted by Crippen LogP contribution is 2.40. The van der Waals surface area contributed by atoms with Gasteiger partial charge in [0.2, 0.25) is 5.75 Å². The number of rotatable bonds is 7. The van der Waals surface area contributed by atoms with Gasteiger partial charge in [0.1, 0.15) is 10.9 Å². The maximum atomic E-state index is 12.7. The highest BCUT2D eigenvalue weighted by molar-refractivity contribution is 7.29. The van der Waals surface area contributed by atoms with Crippen molar-refractivity contribution < 1.29 is 19.0 Å². The second-order valence-electron chi connectivity index (χ2n) is 6.17. The van der Waals surface area contributed by atoms with E-state index in [1.54, 1.807) is 18.2 Å². The molecule has 3 aromatic rings. The molecule has 0 aliphatic heterocycles. The minimum Gasteiger partial charge on any atom is -0.493 e. The smallest absolute Gasteiger partial charge is 0.262 e. The average Bonchev–Trinajstić information content (AvgIpc) is 3.30. The van der Waals surface area contributed by atoms with Crippen LogP contribution in [0.4, 0.5) is 5.13 Å². The molecular weight excluding hydrogens is 412 g/mol. The van der Waals surface area contributed by atoms with Crippen LogP contribution in [0.15, 0.2) is 18.2 Å². The number of anilines is 1. The van der Waals surface area contributed by atoms with Gasteiger partial charge in [-0.1, -0.05) is 11.3 Å². The van der Waals surface area contributed by atoms with Gasteiger partial charge in [0.05, 0.1) is 37.0 Å². The average molecular weight is 433 g/mol. The largest absolute Gasteiger partial charge is 0.493 e. The lowest BCUT2D eigenvalue weighted by molar-refractivity contribution is 0.0949. The third-order valence-electron chi connectivity index (χ3n) is 4.11. The number of nitrogens with zero attached hydrogens (tertiary/aromatic N) is 3. The first-order chi connectivity index (χ1) is 13.9. The summed E-state index contributed by atoms with van der Waals surface area (Å²) in [6.07, 6.45) is 0. The molecule has 0 aliphatic carbocycles. The molecule has 1 N–H and O–H groups in total. The van der Waals surface area contributed by atoms with Crippen LogP contribution in [0.2, 0.25) is 0 Å². The Bertz CT molecular complexity index is 1030. The summed E-state index contributed by atoms with van der Waals surface area (Å²) in [6, 6.07) is 6.31. The highest BCUT2D eigenvalue weighted by atomic mass is 32.1. The number of amides is 1. The summed E-state index contributed by atoms with van der Waals surface area (Å²) in [5.74, 6) is 0.900. The number of hydrogen-bond acceptors (Lipinski definition) is 9. The molecule has 29 heavy (non-hydrogen) atoms. The molecule has 0 saturated heterocycles. The lowest BCUT2D eigenvalue weighted by Crippen LogP contribution is -2.27. The number of nitrogens with one attached hydrogen (secondary N) is 1. The number of carbonyl (C=O) groups is 1. The molecular formula is C19H20N4O4S2. The predicted molar refractivity (Wildman–Crippen MR) is 114 cm³/mol. The van der Waals surface area contributed by atoms with Gasteiger partial charge in [0, 0.05) is 14.1 Å². The normalized spacial score (nSPS) is 11.6. The first-order valence-corrected chi connectivity index (χ1v) is 10.1. The predicted octanol–water partition coefficient (Wildman–Crippen LogP) is 3.44. The van der Waals surface area contributed by atoms with Crippen LogP contribution in [0, 0.1) is 11.3 Å². The monoisotopic (exact) mass is 432 g/mol. The topological polar surface area (TPSA) is 96.7 Å². The number of ether oxygens (including phenoxy) is 3. The van der Waals surface area contributed by atoms with Crippen molar-refractivity contribution in [3.05, 3.63) is 28.6 Å². The minimum absolute atomic E-state index is 0.341. The lowest BCUT2D eigenvalue weighted by Gasteiger charge is -2.17. The van der Waals surface area contributed by atoms with Crippen LogP contribution in [0.25, 0.3) is 9.53 Å². The van der Waals surface area contributed by atoms with Crippen molar-refractivity contribution in [2.75, 3.05) is 40.3 Å². The van der Waals surface area contributed by atoms with Crippen molar-refractivity contribution in [1.82, 2.24) is 10.3 Å². The third-order valence-corrected chi connectivity index (χ3v) is 6.44. The molecule has 1 amide bonds. The molecule has 0 fully saturated rings. The van der Waals surface area contributed by atoms with Crippen LogP contribution >= 0.6 is 22.7 Å². The van der Waals surface area contributed by atoms with Crippen molar-refractivity contribution in [1.29, 1.82) is 5.26 Å². The Labute approximate surface area is 176 Å². The first-order valence-electron chi connectivity index (χ1n) is 8.49. The molecule has 1 unspecified atom stereocenters. The van der Waals surface area contributed by atoms with Crippen LogP contribution in [0.5, 0.6) is 17.2 Å². The fraction of sp³-hybridized carbons (Fsp3) is 0.316. The molecule has 0 aliphatic rings. The standard InChI is InChI=1S/C19H20N4O4S2/c1-23(2)19-22-18-15(29-19)8-14(28-18)17(24)21-11(9-20)10-6-12(25-3)16(27-5)13(7-10)26-4/h6-8,11H,1-5H3,(H,21,24). The quantitative estimate of drug-likeness (QED) is 0.611. The number of nitriles is 1. The number of thiazole rings is 1. The zero-order chi connectivity index (χ0) is 21.1. The zero-order valence-corrected chi connectivity index (χ0v) is 18.2. The second kappa shape index (κ2) is 8.55. The molecule has 0 spiro atoms. The van der Waals surface area contributed by atoms with E-state index in [1.807, 2.05) is 19.0 Å². The summed E-state index contributed by atoms with van der Waals surface area (Å²) in [5, 5.41) is 13.3. The molecule has 152 valence electrons. The number of methoxy groups -OCH3 is 3. The number of thiophene rings is 1. The summed E-state index contributed by atoms with van der Waals surface area (Å²) in [4.78, 5) is 20.5. The third kappa shape index (κ3) is 4.06. The molecule has 3 rings (SSSR count). The maximum absolute atomic E-state index is 12.7. The Hall–Kier alpha value is -3.03. The molecule has 0 bridgehead atoms. The first kappa shape index (κ1) is 20.7. The molecule has 10 heteroatoms. The maximum Gasteiger partial charge on any atom is 0.262 e. The summed E-state index contributed by atoms with van der Waals surface area (Å²) < 4.78 is 16.9. The van der Waals surface area contributed by atoms with E-state index in [4.69, 9.17) is 14.2 Å². The fourth-order valence-corrected chi connectivity index (χ4v) is 4.72. The Morgan fingerprint density at radius 1 is 1.14 bits per heavy atom. The van der Waals surface area contributed by atoms with E-state index in [0.29, 0.717) is 27.7 Å². The van der Waals surface area contributed by atoms with E-state index in [9.17, 15) is 10.1 Å². The molecule has 8 nitrogen and oxygen atoms in total. The number of fused-ring (bicyclic) bond motifs is 1. The van der Waals surface area contributed by atoms with Crippen molar-refractivity contribution in [2.45, 2.75) is 6.04 Å². The Balaban J connectivity index is 1.87. The van der Waals surface area contributed by atoms with E-state index >= 15 is 0 Å². The number of aromatic nitrogens is 1. The van der Waals surface area contributed by atoms with Crippen LogP contribution in [-0.4, -0.2) is 46.3 Å². The Morgan fingerprint density at radius 2 is 1.79 bits per heavy atom. The molecule has 1 atom stereocenters. The van der Waals surface area contributed by atoms with Crippen LogP contribution in [0.3, 0.4) is 0 Å². The summed E-state index contributed by atoms with van der Waals surface area (Å²) >= 11 is 2.81. The Morgan fingerprint density at radius 3 is 2.28 bits per heavy atom. The van der Waals surface area contributed by atoms with Gasteiger partial charge in [0.25, 0.3) is 5.91 Å². The van der Waals surface area contributed by atoms with Gasteiger partial charge in [-0.2, -0.15) is 5.26 Å². The minimum atomic E-state index is -0.887. The van der Waals surface area contributed by atoms with Crippen molar-refractivity contribution in [2.24, 2.45) is 0 Å². The van der Waals surface area contributed by atoms with Crippen molar-refractivity contribution in [3.63, 3.8) is 0 Å². The van der Waals surface area contributed by atoms with E-state index in [0.717, 1.165) is 14.7 Å². The van der Waals surface area contributed by atoms with Gasteiger partial charge < -0.3 is 24.4 Å². The summed E-state index contributed by atoms with van der Waals surface area (Å²) in [6.45, 7) is 0. The van der Waals surface area contributed by atoms with Gasteiger partial charge in [0.15, 0.2) is 16.6 Å². The lowest BCUT2D eigenvalue weighted by atomic mass is 10.1. The van der Waals surface area contributed by atoms with E-state index in [2.05, 4.69) is 16.4 Å². The molecule has 1 aromatic carbocycles. The van der Waals surface area contributed by atoms with Gasteiger partial charge in [-0.25, -0.2) is 4.98 Å². The van der Waals surface area contributed by atoms with E-state index in [-0.39, 0.29) is 5.91 Å². The SMILES string of the molecule is COc1cc(C(C#N)NC(=O)c2cc3sc(N(C)C)nc3s2)cc(OC)c1OC. The van der Waals surface area contributed by atoms with Crippen molar-refractivity contribution >= 4 is 43.2 Å². The number of benzene rings is 1. The zero-order valence-electron chi connectivity index (χ0n) is 16.6. The number of hydrogen-bond donors (Lipinski definition) is 1. The molecule has 2 heterocycles. The Kier molecular flexibility index (Phi) is 6.10. The summed E-state index contributed by atoms with van der Waals surface area (Å²) in [5.41, 5.74) is 0.529. The second-order valence-corrected chi connectivity index (χ2v) is 8.20.